The Balaban J connectivity index is 3.70. The number of carbonyl (C=O) groups is 3. The minimum atomic E-state index is -0.486. The summed E-state index contributed by atoms with van der Waals surface area (Å²) in [5.74, 6) is -1.11. The summed E-state index contributed by atoms with van der Waals surface area (Å²) in [7, 11) is 0. The summed E-state index contributed by atoms with van der Waals surface area (Å²) in [4.78, 5) is 31.5. The molecule has 11 heavy (non-hydrogen) atoms. The second-order valence-corrected chi connectivity index (χ2v) is 2.35. The zero-order chi connectivity index (χ0) is 8.85. The van der Waals surface area contributed by atoms with Gasteiger partial charge in [0.1, 0.15) is 11.6 Å². The van der Waals surface area contributed by atoms with Crippen LogP contribution in [-0.4, -0.2) is 17.5 Å². The zero-order valence-corrected chi connectivity index (χ0v) is 6.98. The van der Waals surface area contributed by atoms with Crippen LogP contribution in [-0.2, 0) is 14.4 Å². The van der Waals surface area contributed by atoms with Gasteiger partial charge in [-0.2, -0.15) is 0 Å². The van der Waals surface area contributed by atoms with Gasteiger partial charge in [0.2, 0.25) is 5.91 Å². The fraction of sp³-hybridized carbons (Fsp3) is 0.500. The van der Waals surface area contributed by atoms with Crippen molar-refractivity contribution in [3.05, 3.63) is 0 Å². The van der Waals surface area contributed by atoms with Crippen molar-refractivity contribution in [3.63, 3.8) is 0 Å². The molecule has 62 valence electrons. The molecule has 0 bridgehead atoms. The van der Waals surface area contributed by atoms with Gasteiger partial charge in [-0.05, 0) is 6.92 Å². The first-order chi connectivity index (χ1) is 5.06. The number of nitrogens with one attached hydrogen (secondary N) is 1. The second kappa shape index (κ2) is 4.90. The van der Waals surface area contributed by atoms with Gasteiger partial charge in [-0.25, -0.2) is 0 Å². The molecule has 0 aliphatic heterocycles. The van der Waals surface area contributed by atoms with Crippen LogP contribution in [0.25, 0.3) is 0 Å². The highest BCUT2D eigenvalue weighted by Gasteiger charge is 2.09. The van der Waals surface area contributed by atoms with Gasteiger partial charge in [-0.15, -0.1) is 0 Å². The number of hydrogen-bond donors (Lipinski definition) is 2. The normalized spacial score (nSPS) is 8.91. The van der Waals surface area contributed by atoms with E-state index in [0.717, 1.165) is 0 Å². The van der Waals surface area contributed by atoms with Crippen molar-refractivity contribution in [1.82, 2.24) is 4.72 Å². The van der Waals surface area contributed by atoms with Crippen molar-refractivity contribution in [2.24, 2.45) is 0 Å². The highest BCUT2D eigenvalue weighted by molar-refractivity contribution is 7.78. The molecule has 1 N–H and O–H groups in total. The van der Waals surface area contributed by atoms with Crippen LogP contribution >= 0.6 is 12.8 Å². The molecule has 0 aliphatic carbocycles. The lowest BCUT2D eigenvalue weighted by atomic mass is 10.1. The summed E-state index contributed by atoms with van der Waals surface area (Å²) < 4.78 is 1.99. The smallest absolute Gasteiger partial charge is 0.237 e. The lowest BCUT2D eigenvalue weighted by molar-refractivity contribution is -0.129. The van der Waals surface area contributed by atoms with Gasteiger partial charge >= 0.3 is 0 Å². The van der Waals surface area contributed by atoms with Crippen LogP contribution in [0.2, 0.25) is 0 Å². The Morgan fingerprint density at radius 2 is 1.82 bits per heavy atom. The first-order valence-electron chi connectivity index (χ1n) is 3.00. The number of carbonyl (C=O) groups excluding carboxylic acids is 3. The SMILES string of the molecule is CC(=O)CC(=O)CC(=O)NS. The van der Waals surface area contributed by atoms with Crippen molar-refractivity contribution in [2.75, 3.05) is 0 Å². The summed E-state index contributed by atoms with van der Waals surface area (Å²) in [5.41, 5.74) is 0. The van der Waals surface area contributed by atoms with E-state index in [0.29, 0.717) is 0 Å². The summed E-state index contributed by atoms with van der Waals surface area (Å²) in [6.07, 6.45) is -0.454. The summed E-state index contributed by atoms with van der Waals surface area (Å²) >= 11 is 3.44. The van der Waals surface area contributed by atoms with E-state index >= 15 is 0 Å². The largest absolute Gasteiger partial charge is 0.302 e. The molecule has 4 nitrogen and oxygen atoms in total. The topological polar surface area (TPSA) is 63.2 Å². The Morgan fingerprint density at radius 1 is 1.27 bits per heavy atom. The predicted molar refractivity (Wildman–Crippen MR) is 42.1 cm³/mol. The highest BCUT2D eigenvalue weighted by atomic mass is 32.1. The van der Waals surface area contributed by atoms with Gasteiger partial charge in [0.25, 0.3) is 0 Å². The van der Waals surface area contributed by atoms with Crippen molar-refractivity contribution >= 4 is 30.3 Å². The number of hydrogen-bond acceptors (Lipinski definition) is 4. The van der Waals surface area contributed by atoms with Crippen LogP contribution in [0.3, 0.4) is 0 Å². The molecule has 0 saturated carbocycles. The summed E-state index contributed by atoms with van der Waals surface area (Å²) in [6.45, 7) is 1.30. The zero-order valence-electron chi connectivity index (χ0n) is 6.09. The third kappa shape index (κ3) is 5.60. The van der Waals surface area contributed by atoms with E-state index in [1.54, 1.807) is 0 Å². The number of thiol groups is 1. The monoisotopic (exact) mass is 175 g/mol. The maximum atomic E-state index is 10.7. The van der Waals surface area contributed by atoms with Gasteiger partial charge in [-0.3, -0.25) is 14.4 Å². The first kappa shape index (κ1) is 10.2. The molecular formula is C6H9NO3S. The Morgan fingerprint density at radius 3 is 2.18 bits per heavy atom. The van der Waals surface area contributed by atoms with Crippen LogP contribution in [0, 0.1) is 0 Å². The maximum absolute atomic E-state index is 10.7. The maximum Gasteiger partial charge on any atom is 0.237 e. The van der Waals surface area contributed by atoms with Crippen LogP contribution < -0.4 is 4.72 Å². The molecule has 0 aliphatic rings. The molecule has 0 atom stereocenters. The summed E-state index contributed by atoms with van der Waals surface area (Å²) in [6, 6.07) is 0. The van der Waals surface area contributed by atoms with Gasteiger partial charge in [0.05, 0.1) is 12.8 Å². The van der Waals surface area contributed by atoms with E-state index in [2.05, 4.69) is 12.8 Å². The van der Waals surface area contributed by atoms with Gasteiger partial charge in [-0.1, -0.05) is 12.8 Å². The van der Waals surface area contributed by atoms with E-state index in [9.17, 15) is 14.4 Å². The average molecular weight is 175 g/mol. The minimum Gasteiger partial charge on any atom is -0.302 e. The second-order valence-electron chi connectivity index (χ2n) is 2.13. The highest BCUT2D eigenvalue weighted by Crippen LogP contribution is 1.91. The molecule has 0 spiro atoms. The van der Waals surface area contributed by atoms with E-state index in [1.807, 2.05) is 4.72 Å². The third-order valence-electron chi connectivity index (χ3n) is 0.929. The fourth-order valence-corrected chi connectivity index (χ4v) is 0.638. The number of Topliss-reactive ketones (excluding diaryl/α,β-unsaturated/α-hetero) is 2. The van der Waals surface area contributed by atoms with Crippen LogP contribution in [0.1, 0.15) is 19.8 Å². The first-order valence-corrected chi connectivity index (χ1v) is 3.45. The summed E-state index contributed by atoms with van der Waals surface area (Å²) in [5, 5.41) is 0. The van der Waals surface area contributed by atoms with Gasteiger partial charge < -0.3 is 4.72 Å². The molecule has 1 amide bonds. The van der Waals surface area contributed by atoms with E-state index in [4.69, 9.17) is 0 Å². The van der Waals surface area contributed by atoms with Crippen LogP contribution in [0.15, 0.2) is 0 Å². The molecule has 0 aromatic carbocycles. The molecule has 0 fully saturated rings. The van der Waals surface area contributed by atoms with Gasteiger partial charge in [0.15, 0.2) is 0 Å². The van der Waals surface area contributed by atoms with E-state index in [-0.39, 0.29) is 24.4 Å². The average Bonchev–Trinajstić information content (AvgIpc) is 1.85. The fourth-order valence-electron chi connectivity index (χ4n) is 0.559. The number of rotatable bonds is 4. The Bertz CT molecular complexity index is 190. The molecule has 0 heterocycles. The quantitative estimate of drug-likeness (QED) is 0.462. The van der Waals surface area contributed by atoms with Crippen LogP contribution in [0.5, 0.6) is 0 Å². The van der Waals surface area contributed by atoms with Gasteiger partial charge in [0, 0.05) is 0 Å². The Hall–Kier alpha value is -0.840. The lowest BCUT2D eigenvalue weighted by Gasteiger charge is -1.95. The number of amides is 1. The number of ketones is 2. The molecular weight excluding hydrogens is 166 g/mol. The van der Waals surface area contributed by atoms with Crippen molar-refractivity contribution in [1.29, 1.82) is 0 Å². The standard InChI is InChI=1S/C6H9NO3S/c1-4(8)2-5(9)3-6(10)7-11/h11H,2-3H2,1H3,(H,7,10). The molecule has 0 aromatic rings. The Labute approximate surface area is 69.9 Å². The lowest BCUT2D eigenvalue weighted by Crippen LogP contribution is -2.18. The van der Waals surface area contributed by atoms with E-state index < -0.39 is 5.91 Å². The molecule has 0 rings (SSSR count). The molecule has 0 unspecified atom stereocenters. The van der Waals surface area contributed by atoms with Crippen LogP contribution in [0.4, 0.5) is 0 Å². The molecule has 5 heteroatoms. The van der Waals surface area contributed by atoms with Crippen molar-refractivity contribution in [3.8, 4) is 0 Å². The molecule has 0 radical (unpaired) electrons. The molecule has 0 aromatic heterocycles. The Kier molecular flexibility index (Phi) is 4.52. The van der Waals surface area contributed by atoms with Crippen molar-refractivity contribution < 1.29 is 14.4 Å². The molecule has 0 saturated heterocycles. The van der Waals surface area contributed by atoms with E-state index in [1.165, 1.54) is 6.92 Å². The third-order valence-corrected chi connectivity index (χ3v) is 1.18. The van der Waals surface area contributed by atoms with Crippen molar-refractivity contribution in [2.45, 2.75) is 19.8 Å². The minimum absolute atomic E-state index is 0.179. The predicted octanol–water partition coefficient (Wildman–Crippen LogP) is -0.114.